The summed E-state index contributed by atoms with van der Waals surface area (Å²) in [6, 6.07) is 6.19. The molecule has 1 heterocycles. The maximum absolute atomic E-state index is 13.3. The monoisotopic (exact) mass is 267 g/mol. The Balaban J connectivity index is 2.48. The fourth-order valence-electron chi connectivity index (χ4n) is 2.04. The lowest BCUT2D eigenvalue weighted by molar-refractivity contribution is 0.512. The summed E-state index contributed by atoms with van der Waals surface area (Å²) in [5, 5.41) is 5.00. The van der Waals surface area contributed by atoms with Crippen molar-refractivity contribution in [3.05, 3.63) is 52.1 Å². The van der Waals surface area contributed by atoms with Gasteiger partial charge in [-0.1, -0.05) is 23.7 Å². The minimum atomic E-state index is -0.279. The molecule has 5 heteroatoms. The van der Waals surface area contributed by atoms with Crippen LogP contribution in [-0.2, 0) is 0 Å². The highest BCUT2D eigenvalue weighted by molar-refractivity contribution is 6.31. The molecule has 18 heavy (non-hydrogen) atoms. The summed E-state index contributed by atoms with van der Waals surface area (Å²) in [6.07, 6.45) is 0. The van der Waals surface area contributed by atoms with Crippen molar-refractivity contribution in [3.8, 4) is 0 Å². The van der Waals surface area contributed by atoms with Crippen molar-refractivity contribution in [1.29, 1.82) is 0 Å². The van der Waals surface area contributed by atoms with E-state index in [0.29, 0.717) is 11.6 Å². The van der Waals surface area contributed by atoms with Crippen LogP contribution in [0.5, 0.6) is 0 Å². The number of nitrogens with two attached hydrogens (primary N) is 1. The number of benzene rings is 1. The molecule has 1 atom stereocenters. The smallest absolute Gasteiger partial charge is 0.123 e. The molecule has 0 aliphatic heterocycles. The minimum absolute atomic E-state index is 0.202. The number of rotatable bonds is 3. The average molecular weight is 268 g/mol. The standard InChI is InChI=1S/C13H15ClFN3/c1-8-13(14)9(2)18(17-8)12(7-16)10-4-3-5-11(15)6-10/h3-6,12H,7,16H2,1-2H3. The molecule has 0 bridgehead atoms. The molecule has 0 saturated heterocycles. The molecule has 1 aromatic carbocycles. The lowest BCUT2D eigenvalue weighted by atomic mass is 10.1. The summed E-state index contributed by atoms with van der Waals surface area (Å²) >= 11 is 6.12. The third kappa shape index (κ3) is 2.26. The van der Waals surface area contributed by atoms with Crippen molar-refractivity contribution in [1.82, 2.24) is 9.78 Å². The SMILES string of the molecule is Cc1nn(C(CN)c2cccc(F)c2)c(C)c1Cl. The molecular formula is C13H15ClFN3. The van der Waals surface area contributed by atoms with Gasteiger partial charge < -0.3 is 5.73 Å². The lowest BCUT2D eigenvalue weighted by Crippen LogP contribution is -2.22. The first-order valence-electron chi connectivity index (χ1n) is 5.71. The van der Waals surface area contributed by atoms with Crippen LogP contribution in [0.1, 0.15) is 23.0 Å². The summed E-state index contributed by atoms with van der Waals surface area (Å²) in [5.41, 5.74) is 8.18. The second-order valence-corrected chi connectivity index (χ2v) is 4.61. The number of hydrogen-bond donors (Lipinski definition) is 1. The summed E-state index contributed by atoms with van der Waals surface area (Å²) < 4.78 is 15.0. The van der Waals surface area contributed by atoms with Crippen LogP contribution in [-0.4, -0.2) is 16.3 Å². The molecular weight excluding hydrogens is 253 g/mol. The molecule has 2 rings (SSSR count). The molecule has 0 spiro atoms. The largest absolute Gasteiger partial charge is 0.328 e. The van der Waals surface area contributed by atoms with Crippen molar-refractivity contribution in [2.24, 2.45) is 5.73 Å². The van der Waals surface area contributed by atoms with E-state index in [0.717, 1.165) is 17.0 Å². The van der Waals surface area contributed by atoms with Gasteiger partial charge in [0, 0.05) is 6.54 Å². The van der Waals surface area contributed by atoms with E-state index in [1.54, 1.807) is 10.7 Å². The maximum Gasteiger partial charge on any atom is 0.123 e. The van der Waals surface area contributed by atoms with E-state index in [1.165, 1.54) is 12.1 Å². The molecule has 0 saturated carbocycles. The van der Waals surface area contributed by atoms with E-state index in [2.05, 4.69) is 5.10 Å². The second-order valence-electron chi connectivity index (χ2n) is 4.24. The molecule has 2 aromatic rings. The Kier molecular flexibility index (Phi) is 3.68. The van der Waals surface area contributed by atoms with Gasteiger partial charge in [-0.05, 0) is 31.5 Å². The predicted molar refractivity (Wildman–Crippen MR) is 70.3 cm³/mol. The summed E-state index contributed by atoms with van der Waals surface area (Å²) in [6.45, 7) is 4.05. The Hall–Kier alpha value is -1.39. The van der Waals surface area contributed by atoms with Gasteiger partial charge in [0.15, 0.2) is 0 Å². The molecule has 0 fully saturated rings. The highest BCUT2D eigenvalue weighted by Gasteiger charge is 2.18. The molecule has 3 nitrogen and oxygen atoms in total. The first-order valence-corrected chi connectivity index (χ1v) is 6.09. The number of aromatic nitrogens is 2. The van der Waals surface area contributed by atoms with Gasteiger partial charge in [-0.3, -0.25) is 4.68 Å². The van der Waals surface area contributed by atoms with E-state index in [-0.39, 0.29) is 11.9 Å². The molecule has 1 aromatic heterocycles. The van der Waals surface area contributed by atoms with Gasteiger partial charge in [0.05, 0.1) is 22.5 Å². The summed E-state index contributed by atoms with van der Waals surface area (Å²) in [5.74, 6) is -0.279. The number of hydrogen-bond acceptors (Lipinski definition) is 2. The van der Waals surface area contributed by atoms with Gasteiger partial charge in [0.1, 0.15) is 5.82 Å². The van der Waals surface area contributed by atoms with Gasteiger partial charge in [-0.25, -0.2) is 4.39 Å². The lowest BCUT2D eigenvalue weighted by Gasteiger charge is -2.18. The van der Waals surface area contributed by atoms with E-state index in [9.17, 15) is 4.39 Å². The maximum atomic E-state index is 13.3. The van der Waals surface area contributed by atoms with Crippen LogP contribution in [0.25, 0.3) is 0 Å². The zero-order chi connectivity index (χ0) is 13.3. The van der Waals surface area contributed by atoms with Crippen LogP contribution in [0.15, 0.2) is 24.3 Å². The van der Waals surface area contributed by atoms with E-state index in [4.69, 9.17) is 17.3 Å². The fraction of sp³-hybridized carbons (Fsp3) is 0.308. The first kappa shape index (κ1) is 13.1. The number of halogens is 2. The Morgan fingerprint density at radius 2 is 2.17 bits per heavy atom. The van der Waals surface area contributed by atoms with Gasteiger partial charge in [0.2, 0.25) is 0 Å². The van der Waals surface area contributed by atoms with Gasteiger partial charge in [-0.2, -0.15) is 5.10 Å². The summed E-state index contributed by atoms with van der Waals surface area (Å²) in [7, 11) is 0. The van der Waals surface area contributed by atoms with Crippen LogP contribution in [0, 0.1) is 19.7 Å². The van der Waals surface area contributed by atoms with E-state index < -0.39 is 0 Å². The van der Waals surface area contributed by atoms with E-state index in [1.807, 2.05) is 19.9 Å². The number of nitrogens with zero attached hydrogens (tertiary/aromatic N) is 2. The molecule has 0 aliphatic carbocycles. The number of aryl methyl sites for hydroxylation is 1. The molecule has 0 amide bonds. The minimum Gasteiger partial charge on any atom is -0.328 e. The van der Waals surface area contributed by atoms with Crippen LogP contribution in [0.3, 0.4) is 0 Å². The van der Waals surface area contributed by atoms with Crippen LogP contribution in [0.2, 0.25) is 5.02 Å². The van der Waals surface area contributed by atoms with Crippen molar-refractivity contribution in [2.75, 3.05) is 6.54 Å². The van der Waals surface area contributed by atoms with Crippen molar-refractivity contribution in [2.45, 2.75) is 19.9 Å². The Labute approximate surface area is 110 Å². The predicted octanol–water partition coefficient (Wildman–Crippen LogP) is 2.84. The van der Waals surface area contributed by atoms with E-state index >= 15 is 0 Å². The van der Waals surface area contributed by atoms with Crippen molar-refractivity contribution < 1.29 is 4.39 Å². The van der Waals surface area contributed by atoms with Crippen LogP contribution in [0.4, 0.5) is 4.39 Å². The quantitative estimate of drug-likeness (QED) is 0.929. The fourth-order valence-corrected chi connectivity index (χ4v) is 2.16. The molecule has 0 radical (unpaired) electrons. The normalized spacial score (nSPS) is 12.7. The highest BCUT2D eigenvalue weighted by Crippen LogP contribution is 2.25. The highest BCUT2D eigenvalue weighted by atomic mass is 35.5. The van der Waals surface area contributed by atoms with Gasteiger partial charge in [-0.15, -0.1) is 0 Å². The van der Waals surface area contributed by atoms with Crippen molar-refractivity contribution in [3.63, 3.8) is 0 Å². The topological polar surface area (TPSA) is 43.8 Å². The first-order chi connectivity index (χ1) is 8.54. The zero-order valence-corrected chi connectivity index (χ0v) is 11.1. The molecule has 2 N–H and O–H groups in total. The zero-order valence-electron chi connectivity index (χ0n) is 10.3. The van der Waals surface area contributed by atoms with Gasteiger partial charge in [0.25, 0.3) is 0 Å². The Morgan fingerprint density at radius 1 is 1.44 bits per heavy atom. The molecule has 96 valence electrons. The Morgan fingerprint density at radius 3 is 2.67 bits per heavy atom. The van der Waals surface area contributed by atoms with Crippen LogP contribution < -0.4 is 5.73 Å². The average Bonchev–Trinajstić information content (AvgIpc) is 2.59. The second kappa shape index (κ2) is 5.08. The Bertz CT molecular complexity index is 565. The molecule has 1 unspecified atom stereocenters. The van der Waals surface area contributed by atoms with Crippen LogP contribution >= 0.6 is 11.6 Å². The van der Waals surface area contributed by atoms with Gasteiger partial charge >= 0.3 is 0 Å². The third-order valence-corrected chi connectivity index (χ3v) is 3.54. The third-order valence-electron chi connectivity index (χ3n) is 2.99. The summed E-state index contributed by atoms with van der Waals surface area (Å²) in [4.78, 5) is 0. The molecule has 0 aliphatic rings. The van der Waals surface area contributed by atoms with Crippen molar-refractivity contribution >= 4 is 11.6 Å².